The molecule has 4 aromatic rings. The number of esters is 1. The van der Waals surface area contributed by atoms with Crippen LogP contribution in [0.2, 0.25) is 0 Å². The highest BCUT2D eigenvalue weighted by Gasteiger charge is 2.11. The van der Waals surface area contributed by atoms with E-state index in [1.807, 2.05) is 44.2 Å². The third kappa shape index (κ3) is 6.82. The number of hydrogen-bond donors (Lipinski definition) is 0. The van der Waals surface area contributed by atoms with Gasteiger partial charge in [0.25, 0.3) is 0 Å². The molecule has 5 nitrogen and oxygen atoms in total. The minimum absolute atomic E-state index is 0.200. The number of carbonyl (C=O) groups excluding carboxylic acids is 1. The molecule has 4 rings (SSSR count). The van der Waals surface area contributed by atoms with E-state index < -0.39 is 0 Å². The van der Waals surface area contributed by atoms with Gasteiger partial charge in [-0.1, -0.05) is 54.6 Å². The molecule has 0 radical (unpaired) electrons. The van der Waals surface area contributed by atoms with Gasteiger partial charge in [0, 0.05) is 19.0 Å². The van der Waals surface area contributed by atoms with Gasteiger partial charge in [0.05, 0.1) is 18.9 Å². The molecule has 0 amide bonds. The normalized spacial score (nSPS) is 10.8. The van der Waals surface area contributed by atoms with Crippen molar-refractivity contribution in [3.05, 3.63) is 101 Å². The first-order chi connectivity index (χ1) is 17.1. The second kappa shape index (κ2) is 12.0. The Morgan fingerprint density at radius 3 is 2.49 bits per heavy atom. The fraction of sp³-hybridized carbons (Fsp3) is 0.267. The molecule has 35 heavy (non-hydrogen) atoms. The van der Waals surface area contributed by atoms with Crippen molar-refractivity contribution in [2.75, 3.05) is 13.2 Å². The number of aryl methyl sites for hydroxylation is 2. The highest BCUT2D eigenvalue weighted by molar-refractivity contribution is 5.83. The number of ether oxygens (including phenoxy) is 3. The molecule has 0 spiro atoms. The van der Waals surface area contributed by atoms with Gasteiger partial charge in [-0.3, -0.25) is 9.78 Å². The van der Waals surface area contributed by atoms with Crippen LogP contribution >= 0.6 is 0 Å². The van der Waals surface area contributed by atoms with E-state index in [1.165, 1.54) is 16.3 Å². The van der Waals surface area contributed by atoms with Crippen LogP contribution in [0.1, 0.15) is 35.7 Å². The van der Waals surface area contributed by atoms with Gasteiger partial charge in [-0.05, 0) is 65.9 Å². The minimum atomic E-state index is -0.200. The molecular weight excluding hydrogens is 438 g/mol. The summed E-state index contributed by atoms with van der Waals surface area (Å²) in [4.78, 5) is 16.2. The molecule has 3 aromatic carbocycles. The third-order valence-corrected chi connectivity index (χ3v) is 5.85. The second-order valence-corrected chi connectivity index (χ2v) is 8.40. The fourth-order valence-corrected chi connectivity index (χ4v) is 3.96. The first-order valence-corrected chi connectivity index (χ1v) is 12.0. The summed E-state index contributed by atoms with van der Waals surface area (Å²) in [5.41, 5.74) is 4.06. The van der Waals surface area contributed by atoms with Crippen molar-refractivity contribution in [1.29, 1.82) is 0 Å². The Balaban J connectivity index is 1.45. The van der Waals surface area contributed by atoms with Crippen LogP contribution in [0.4, 0.5) is 0 Å². The first-order valence-electron chi connectivity index (χ1n) is 12.0. The first kappa shape index (κ1) is 24.3. The number of fused-ring (bicyclic) bond motifs is 1. The van der Waals surface area contributed by atoms with Crippen LogP contribution in [0.3, 0.4) is 0 Å². The smallest absolute Gasteiger partial charge is 0.306 e. The van der Waals surface area contributed by atoms with Crippen molar-refractivity contribution in [1.82, 2.24) is 4.98 Å². The molecule has 180 valence electrons. The number of hydrogen-bond acceptors (Lipinski definition) is 5. The molecule has 0 aliphatic rings. The zero-order valence-electron chi connectivity index (χ0n) is 20.3. The van der Waals surface area contributed by atoms with Crippen molar-refractivity contribution < 1.29 is 19.0 Å². The van der Waals surface area contributed by atoms with Gasteiger partial charge in [0.2, 0.25) is 0 Å². The average Bonchev–Trinajstić information content (AvgIpc) is 2.88. The summed E-state index contributed by atoms with van der Waals surface area (Å²) in [6.07, 6.45) is 3.42. The molecular formula is C30H31NO4. The highest BCUT2D eigenvalue weighted by atomic mass is 16.5. The highest BCUT2D eigenvalue weighted by Crippen LogP contribution is 2.25. The predicted molar refractivity (Wildman–Crippen MR) is 138 cm³/mol. The van der Waals surface area contributed by atoms with Crippen molar-refractivity contribution in [2.24, 2.45) is 0 Å². The molecule has 0 fully saturated rings. The van der Waals surface area contributed by atoms with E-state index in [1.54, 1.807) is 6.20 Å². The maximum absolute atomic E-state index is 11.9. The number of rotatable bonds is 11. The molecule has 0 saturated carbocycles. The SMILES string of the molecule is CCOC(=O)CCc1ccc(COc2cccnc2C)cc1OCCc1ccc2ccccc2c1. The maximum atomic E-state index is 11.9. The van der Waals surface area contributed by atoms with Gasteiger partial charge in [0.1, 0.15) is 18.1 Å². The molecule has 0 aliphatic carbocycles. The average molecular weight is 470 g/mol. The van der Waals surface area contributed by atoms with Crippen LogP contribution in [0.25, 0.3) is 10.8 Å². The van der Waals surface area contributed by atoms with E-state index in [4.69, 9.17) is 14.2 Å². The lowest BCUT2D eigenvalue weighted by Crippen LogP contribution is -2.08. The van der Waals surface area contributed by atoms with Crippen LogP contribution in [0, 0.1) is 6.92 Å². The van der Waals surface area contributed by atoms with E-state index in [-0.39, 0.29) is 5.97 Å². The van der Waals surface area contributed by atoms with Crippen LogP contribution in [0.5, 0.6) is 11.5 Å². The summed E-state index contributed by atoms with van der Waals surface area (Å²) < 4.78 is 17.3. The van der Waals surface area contributed by atoms with Crippen molar-refractivity contribution in [2.45, 2.75) is 39.7 Å². The van der Waals surface area contributed by atoms with E-state index in [0.717, 1.165) is 34.7 Å². The third-order valence-electron chi connectivity index (χ3n) is 5.85. The maximum Gasteiger partial charge on any atom is 0.306 e. The topological polar surface area (TPSA) is 57.7 Å². The molecule has 0 saturated heterocycles. The van der Waals surface area contributed by atoms with Crippen molar-refractivity contribution >= 4 is 16.7 Å². The fourth-order valence-electron chi connectivity index (χ4n) is 3.96. The van der Waals surface area contributed by atoms with Crippen molar-refractivity contribution in [3.8, 4) is 11.5 Å². The summed E-state index contributed by atoms with van der Waals surface area (Å²) in [6.45, 7) is 5.08. The summed E-state index contributed by atoms with van der Waals surface area (Å²) in [6, 6.07) is 24.7. The van der Waals surface area contributed by atoms with E-state index >= 15 is 0 Å². The van der Waals surface area contributed by atoms with Gasteiger partial charge in [0.15, 0.2) is 0 Å². The molecule has 0 atom stereocenters. The zero-order chi connectivity index (χ0) is 24.5. The van der Waals surface area contributed by atoms with E-state index in [9.17, 15) is 4.79 Å². The Hall–Kier alpha value is -3.86. The lowest BCUT2D eigenvalue weighted by molar-refractivity contribution is -0.143. The monoisotopic (exact) mass is 469 g/mol. The summed E-state index contributed by atoms with van der Waals surface area (Å²) in [5, 5.41) is 2.46. The number of nitrogens with zero attached hydrogens (tertiary/aromatic N) is 1. The van der Waals surface area contributed by atoms with Crippen LogP contribution in [-0.2, 0) is 29.0 Å². The van der Waals surface area contributed by atoms with Gasteiger partial charge >= 0.3 is 5.97 Å². The van der Waals surface area contributed by atoms with Gasteiger partial charge in [-0.25, -0.2) is 0 Å². The Kier molecular flexibility index (Phi) is 8.34. The van der Waals surface area contributed by atoms with Gasteiger partial charge in [-0.15, -0.1) is 0 Å². The van der Waals surface area contributed by atoms with Crippen LogP contribution < -0.4 is 9.47 Å². The number of aromatic nitrogens is 1. The number of benzene rings is 3. The minimum Gasteiger partial charge on any atom is -0.493 e. The predicted octanol–water partition coefficient (Wildman–Crippen LogP) is 6.24. The Morgan fingerprint density at radius 1 is 0.829 bits per heavy atom. The summed E-state index contributed by atoms with van der Waals surface area (Å²) in [7, 11) is 0. The molecule has 5 heteroatoms. The Bertz CT molecular complexity index is 1280. The number of carbonyl (C=O) groups is 1. The van der Waals surface area contributed by atoms with E-state index in [2.05, 4.69) is 47.4 Å². The van der Waals surface area contributed by atoms with Gasteiger partial charge in [-0.2, -0.15) is 0 Å². The van der Waals surface area contributed by atoms with Crippen molar-refractivity contribution in [3.63, 3.8) is 0 Å². The molecule has 0 N–H and O–H groups in total. The molecule has 0 bridgehead atoms. The largest absolute Gasteiger partial charge is 0.493 e. The summed E-state index contributed by atoms with van der Waals surface area (Å²) in [5.74, 6) is 1.34. The molecule has 1 heterocycles. The zero-order valence-corrected chi connectivity index (χ0v) is 20.3. The Labute approximate surface area is 206 Å². The quantitative estimate of drug-likeness (QED) is 0.243. The second-order valence-electron chi connectivity index (χ2n) is 8.40. The molecule has 0 unspecified atom stereocenters. The molecule has 1 aromatic heterocycles. The lowest BCUT2D eigenvalue weighted by Gasteiger charge is -2.15. The number of pyridine rings is 1. The van der Waals surface area contributed by atoms with Gasteiger partial charge < -0.3 is 14.2 Å². The lowest BCUT2D eigenvalue weighted by atomic mass is 10.0. The molecule has 0 aliphatic heterocycles. The standard InChI is InChI=1S/C30H31NO4/c1-3-33-30(32)15-14-26-13-11-24(21-35-28-9-6-17-31-22(28)2)20-29(26)34-18-16-23-10-12-25-7-4-5-8-27(25)19-23/h4-13,17,19-20H,3,14-16,18,21H2,1-2H3. The Morgan fingerprint density at radius 2 is 1.66 bits per heavy atom. The van der Waals surface area contributed by atoms with E-state index in [0.29, 0.717) is 32.7 Å². The summed E-state index contributed by atoms with van der Waals surface area (Å²) >= 11 is 0. The van der Waals surface area contributed by atoms with Crippen LogP contribution in [0.15, 0.2) is 79.0 Å². The van der Waals surface area contributed by atoms with Crippen LogP contribution in [-0.4, -0.2) is 24.2 Å².